The van der Waals surface area contributed by atoms with Crippen LogP contribution < -0.4 is 0 Å². The largest absolute Gasteiger partial charge is 0.336 e. The van der Waals surface area contributed by atoms with E-state index < -0.39 is 6.04 Å². The maximum Gasteiger partial charge on any atom is 0.253 e. The van der Waals surface area contributed by atoms with Crippen LogP contribution >= 0.6 is 0 Å². The molecule has 0 aromatic heterocycles. The zero-order valence-electron chi connectivity index (χ0n) is 13.4. The summed E-state index contributed by atoms with van der Waals surface area (Å²) in [5.74, 6) is -0.509. The molecule has 6 nitrogen and oxygen atoms in total. The Morgan fingerprint density at radius 3 is 2.27 bits per heavy atom. The molecule has 1 heterocycles. The second-order valence-electron chi connectivity index (χ2n) is 5.85. The molecule has 1 aliphatic heterocycles. The molecule has 0 fully saturated rings. The zero-order chi connectivity index (χ0) is 16.7. The van der Waals surface area contributed by atoms with Crippen molar-refractivity contribution in [2.24, 2.45) is 5.92 Å². The summed E-state index contributed by atoms with van der Waals surface area (Å²) in [7, 11) is 1.65. The van der Waals surface area contributed by atoms with Crippen molar-refractivity contribution in [3.63, 3.8) is 0 Å². The molecule has 0 aliphatic carbocycles. The summed E-state index contributed by atoms with van der Waals surface area (Å²) in [6.07, 6.45) is 5.82. The van der Waals surface area contributed by atoms with E-state index in [1.807, 2.05) is 13.8 Å². The number of hydrogen-bond acceptors (Lipinski definition) is 4. The first-order chi connectivity index (χ1) is 10.4. The summed E-state index contributed by atoms with van der Waals surface area (Å²) < 4.78 is 0. The van der Waals surface area contributed by atoms with Crippen LogP contribution in [0.1, 0.15) is 39.5 Å². The zero-order valence-corrected chi connectivity index (χ0v) is 13.4. The molecular formula is C16H24N2O4. The van der Waals surface area contributed by atoms with E-state index in [9.17, 15) is 19.2 Å². The quantitative estimate of drug-likeness (QED) is 0.364. The monoisotopic (exact) mass is 308 g/mol. The highest BCUT2D eigenvalue weighted by Crippen LogP contribution is 2.11. The number of imide groups is 1. The van der Waals surface area contributed by atoms with Gasteiger partial charge in [-0.1, -0.05) is 20.3 Å². The molecule has 1 aliphatic rings. The number of unbranched alkanes of at least 4 members (excludes halogenated alkanes) is 2. The summed E-state index contributed by atoms with van der Waals surface area (Å²) in [6, 6.07) is -0.390. The van der Waals surface area contributed by atoms with Gasteiger partial charge in [0, 0.05) is 32.2 Å². The predicted octanol–water partition coefficient (Wildman–Crippen LogP) is 1.15. The van der Waals surface area contributed by atoms with Crippen LogP contribution in [0.2, 0.25) is 0 Å². The van der Waals surface area contributed by atoms with E-state index >= 15 is 0 Å². The van der Waals surface area contributed by atoms with E-state index in [0.717, 1.165) is 12.7 Å². The molecule has 1 unspecified atom stereocenters. The fourth-order valence-corrected chi connectivity index (χ4v) is 2.41. The topological polar surface area (TPSA) is 74.8 Å². The van der Waals surface area contributed by atoms with E-state index in [2.05, 4.69) is 0 Å². The molecule has 0 radical (unpaired) electrons. The molecule has 0 spiro atoms. The Balaban J connectivity index is 2.24. The fraction of sp³-hybridized carbons (Fsp3) is 0.625. The van der Waals surface area contributed by atoms with Crippen LogP contribution in [0, 0.1) is 5.92 Å². The molecule has 6 heteroatoms. The first-order valence-corrected chi connectivity index (χ1v) is 7.63. The normalized spacial score (nSPS) is 15.5. The van der Waals surface area contributed by atoms with Crippen molar-refractivity contribution in [3.05, 3.63) is 12.2 Å². The van der Waals surface area contributed by atoms with Gasteiger partial charge in [0.15, 0.2) is 0 Å². The third kappa shape index (κ3) is 4.79. The first kappa shape index (κ1) is 18.1. The molecule has 1 atom stereocenters. The Kier molecular flexibility index (Phi) is 6.95. The Bertz CT molecular complexity index is 453. The van der Waals surface area contributed by atoms with Gasteiger partial charge in [0.2, 0.25) is 5.91 Å². The number of carbonyl (C=O) groups is 4. The van der Waals surface area contributed by atoms with E-state index in [-0.39, 0.29) is 23.6 Å². The highest BCUT2D eigenvalue weighted by Gasteiger charge is 2.23. The smallest absolute Gasteiger partial charge is 0.253 e. The summed E-state index contributed by atoms with van der Waals surface area (Å²) in [6.45, 7) is 4.19. The van der Waals surface area contributed by atoms with Gasteiger partial charge in [-0.3, -0.25) is 19.3 Å². The van der Waals surface area contributed by atoms with E-state index in [0.29, 0.717) is 25.8 Å². The summed E-state index contributed by atoms with van der Waals surface area (Å²) in [5, 5.41) is 0. The van der Waals surface area contributed by atoms with Crippen molar-refractivity contribution >= 4 is 24.0 Å². The number of amides is 3. The molecule has 3 amide bonds. The lowest BCUT2D eigenvalue weighted by atomic mass is 10.0. The highest BCUT2D eigenvalue weighted by molar-refractivity contribution is 6.12. The van der Waals surface area contributed by atoms with Crippen LogP contribution in [-0.4, -0.2) is 53.4 Å². The first-order valence-electron chi connectivity index (χ1n) is 7.63. The number of nitrogens with zero attached hydrogens (tertiary/aromatic N) is 2. The maximum absolute atomic E-state index is 12.0. The maximum atomic E-state index is 12.0. The fourth-order valence-electron chi connectivity index (χ4n) is 2.41. The Labute approximate surface area is 131 Å². The molecule has 0 saturated heterocycles. The SMILES string of the molecule is CC(C)C(C=O)N(C)C(=O)CCCCCN1C(=O)C=CC1=O. The third-order valence-electron chi connectivity index (χ3n) is 3.84. The number of hydrogen-bond donors (Lipinski definition) is 0. The molecular weight excluding hydrogens is 284 g/mol. The summed E-state index contributed by atoms with van der Waals surface area (Å²) >= 11 is 0. The van der Waals surface area contributed by atoms with Crippen LogP contribution in [0.3, 0.4) is 0 Å². The van der Waals surface area contributed by atoms with Gasteiger partial charge in [-0.15, -0.1) is 0 Å². The highest BCUT2D eigenvalue weighted by atomic mass is 16.2. The minimum Gasteiger partial charge on any atom is -0.336 e. The van der Waals surface area contributed by atoms with Gasteiger partial charge in [-0.05, 0) is 18.8 Å². The minimum absolute atomic E-state index is 0.0548. The summed E-state index contributed by atoms with van der Waals surface area (Å²) in [4.78, 5) is 48.4. The van der Waals surface area contributed by atoms with Crippen molar-refractivity contribution in [2.75, 3.05) is 13.6 Å². The van der Waals surface area contributed by atoms with Crippen LogP contribution in [0.4, 0.5) is 0 Å². The second kappa shape index (κ2) is 8.46. The van der Waals surface area contributed by atoms with E-state index in [1.54, 1.807) is 7.05 Å². The lowest BCUT2D eigenvalue weighted by Crippen LogP contribution is -2.41. The van der Waals surface area contributed by atoms with Crippen LogP contribution in [0.15, 0.2) is 12.2 Å². The average molecular weight is 308 g/mol. The molecule has 0 bridgehead atoms. The molecule has 22 heavy (non-hydrogen) atoms. The van der Waals surface area contributed by atoms with Crippen LogP contribution in [0.25, 0.3) is 0 Å². The van der Waals surface area contributed by atoms with Crippen molar-refractivity contribution in [1.29, 1.82) is 0 Å². The van der Waals surface area contributed by atoms with E-state index in [4.69, 9.17) is 0 Å². The van der Waals surface area contributed by atoms with Gasteiger partial charge in [-0.2, -0.15) is 0 Å². The Morgan fingerprint density at radius 2 is 1.77 bits per heavy atom. The van der Waals surface area contributed by atoms with Gasteiger partial charge >= 0.3 is 0 Å². The number of likely N-dealkylation sites (N-methyl/N-ethyl adjacent to an activating group) is 1. The molecule has 0 aromatic carbocycles. The Morgan fingerprint density at radius 1 is 1.18 bits per heavy atom. The van der Waals surface area contributed by atoms with Crippen LogP contribution in [0.5, 0.6) is 0 Å². The molecule has 1 rings (SSSR count). The van der Waals surface area contributed by atoms with Gasteiger partial charge < -0.3 is 9.69 Å². The molecule has 0 N–H and O–H groups in total. The Hall–Kier alpha value is -1.98. The lowest BCUT2D eigenvalue weighted by Gasteiger charge is -2.26. The van der Waals surface area contributed by atoms with Gasteiger partial charge in [0.1, 0.15) is 6.29 Å². The third-order valence-corrected chi connectivity index (χ3v) is 3.84. The molecule has 0 aromatic rings. The van der Waals surface area contributed by atoms with Gasteiger partial charge in [0.05, 0.1) is 6.04 Å². The summed E-state index contributed by atoms with van der Waals surface area (Å²) in [5.41, 5.74) is 0. The number of carbonyl (C=O) groups excluding carboxylic acids is 4. The molecule has 122 valence electrons. The van der Waals surface area contributed by atoms with Crippen LogP contribution in [-0.2, 0) is 19.2 Å². The van der Waals surface area contributed by atoms with Crippen molar-refractivity contribution < 1.29 is 19.2 Å². The van der Waals surface area contributed by atoms with Crippen molar-refractivity contribution in [3.8, 4) is 0 Å². The van der Waals surface area contributed by atoms with Crippen molar-refractivity contribution in [2.45, 2.75) is 45.6 Å². The average Bonchev–Trinajstić information content (AvgIpc) is 2.78. The second-order valence-corrected chi connectivity index (χ2v) is 5.85. The predicted molar refractivity (Wildman–Crippen MR) is 81.8 cm³/mol. The van der Waals surface area contributed by atoms with E-state index in [1.165, 1.54) is 22.0 Å². The van der Waals surface area contributed by atoms with Gasteiger partial charge in [0.25, 0.3) is 11.8 Å². The standard InChI is InChI=1S/C16H24N2O4/c1-12(2)13(11-19)17(3)14(20)7-5-4-6-10-18-15(21)8-9-16(18)22/h8-9,11-13H,4-7,10H2,1-3H3. The molecule has 0 saturated carbocycles. The van der Waals surface area contributed by atoms with Gasteiger partial charge in [-0.25, -0.2) is 0 Å². The number of aldehydes is 1. The van der Waals surface area contributed by atoms with Crippen molar-refractivity contribution in [1.82, 2.24) is 9.80 Å². The number of rotatable bonds is 9. The lowest BCUT2D eigenvalue weighted by molar-refractivity contribution is -0.137. The minimum atomic E-state index is -0.390.